The van der Waals surface area contributed by atoms with Crippen LogP contribution in [0.25, 0.3) is 0 Å². The van der Waals surface area contributed by atoms with Gasteiger partial charge in [0.15, 0.2) is 5.91 Å². The monoisotopic (exact) mass is 316 g/mol. The van der Waals surface area contributed by atoms with Crippen molar-refractivity contribution in [1.82, 2.24) is 5.32 Å². The minimum atomic E-state index is 0. The van der Waals surface area contributed by atoms with E-state index in [-0.39, 0.29) is 38.6 Å². The normalized spacial score (nSPS) is 10.1. The first kappa shape index (κ1) is 22.7. The molecule has 1 amide bonds. The van der Waals surface area contributed by atoms with Crippen molar-refractivity contribution >= 4 is 5.91 Å². The number of unbranched alkanes of at least 4 members (excludes halogenated alkanes) is 1. The van der Waals surface area contributed by atoms with Crippen molar-refractivity contribution in [3.8, 4) is 0 Å². The summed E-state index contributed by atoms with van der Waals surface area (Å²) < 4.78 is 0. The molecule has 0 aliphatic carbocycles. The van der Waals surface area contributed by atoms with E-state index in [9.17, 15) is 4.79 Å². The fraction of sp³-hybridized carbons (Fsp3) is 0.786. The maximum absolute atomic E-state index is 10.8. The SMILES string of the molecule is C[C-](C)C.[CH2-]NC(=O)CCCCC(C)(C)C.[Y]. The van der Waals surface area contributed by atoms with E-state index in [4.69, 9.17) is 0 Å². The topological polar surface area (TPSA) is 29.1 Å². The summed E-state index contributed by atoms with van der Waals surface area (Å²) in [4.78, 5) is 10.8. The van der Waals surface area contributed by atoms with Gasteiger partial charge in [-0.3, -0.25) is 11.8 Å². The molecule has 0 saturated heterocycles. The number of carbonyl (C=O) groups excluding carboxylic acids is 1. The van der Waals surface area contributed by atoms with Gasteiger partial charge in [-0.15, -0.1) is 0 Å². The maximum Gasteiger partial charge on any atom is 0.190 e. The minimum absolute atomic E-state index is 0. The molecule has 1 radical (unpaired) electrons. The third-order valence-corrected chi connectivity index (χ3v) is 1.78. The fourth-order valence-electron chi connectivity index (χ4n) is 1.03. The maximum atomic E-state index is 10.8. The Kier molecular flexibility index (Phi) is 17.4. The van der Waals surface area contributed by atoms with Gasteiger partial charge >= 0.3 is 0 Å². The summed E-state index contributed by atoms with van der Waals surface area (Å²) in [5.41, 5.74) is 0.390. The van der Waals surface area contributed by atoms with Gasteiger partial charge < -0.3 is 11.2 Å². The predicted molar refractivity (Wildman–Crippen MR) is 71.7 cm³/mol. The first-order valence-corrected chi connectivity index (χ1v) is 6.01. The van der Waals surface area contributed by atoms with Crippen LogP contribution in [0.5, 0.6) is 0 Å². The van der Waals surface area contributed by atoms with Crippen LogP contribution in [-0.4, -0.2) is 5.91 Å². The summed E-state index contributed by atoms with van der Waals surface area (Å²) in [6, 6.07) is 0. The Morgan fingerprint density at radius 1 is 1.18 bits per heavy atom. The first-order valence-electron chi connectivity index (χ1n) is 6.01. The molecule has 0 aromatic carbocycles. The van der Waals surface area contributed by atoms with E-state index in [1.54, 1.807) is 0 Å². The third-order valence-electron chi connectivity index (χ3n) is 1.78. The van der Waals surface area contributed by atoms with Crippen LogP contribution in [0.1, 0.15) is 67.2 Å². The van der Waals surface area contributed by atoms with Gasteiger partial charge in [0.1, 0.15) is 0 Å². The Morgan fingerprint density at radius 2 is 1.59 bits per heavy atom. The Hall–Kier alpha value is 0.574. The van der Waals surface area contributed by atoms with E-state index in [1.165, 1.54) is 12.3 Å². The largest absolute Gasteiger partial charge is 0.508 e. The zero-order valence-electron chi connectivity index (χ0n) is 12.5. The zero-order valence-corrected chi connectivity index (χ0v) is 15.4. The number of hydrogen-bond donors (Lipinski definition) is 1. The second-order valence-corrected chi connectivity index (χ2v) is 5.87. The number of hydrogen-bond acceptors (Lipinski definition) is 1. The van der Waals surface area contributed by atoms with Crippen LogP contribution in [0.2, 0.25) is 0 Å². The van der Waals surface area contributed by atoms with Gasteiger partial charge in [0.25, 0.3) is 0 Å². The summed E-state index contributed by atoms with van der Waals surface area (Å²) in [6.45, 7) is 12.9. The van der Waals surface area contributed by atoms with Crippen LogP contribution in [0, 0.1) is 18.4 Å². The van der Waals surface area contributed by atoms with Crippen molar-refractivity contribution in [3.05, 3.63) is 13.0 Å². The number of nitrogens with one attached hydrogen (secondary N) is 1. The Morgan fingerprint density at radius 3 is 1.88 bits per heavy atom. The average Bonchev–Trinajstić information content (AvgIpc) is 2.09. The van der Waals surface area contributed by atoms with Gasteiger partial charge in [-0.1, -0.05) is 27.2 Å². The zero-order chi connectivity index (χ0) is 13.2. The molecule has 0 fully saturated rings. The molecule has 0 aromatic rings. The molecule has 0 spiro atoms. The van der Waals surface area contributed by atoms with Crippen LogP contribution < -0.4 is 5.32 Å². The second kappa shape index (κ2) is 13.0. The Balaban J connectivity index is -0.000000340. The molecule has 101 valence electrons. The van der Waals surface area contributed by atoms with E-state index < -0.39 is 0 Å². The van der Waals surface area contributed by atoms with Gasteiger partial charge in [-0.25, -0.2) is 0 Å². The minimum Gasteiger partial charge on any atom is -0.508 e. The molecule has 1 N–H and O–H groups in total. The molecular weight excluding hydrogens is 287 g/mol. The van der Waals surface area contributed by atoms with Gasteiger partial charge in [0.2, 0.25) is 0 Å². The molecule has 0 bridgehead atoms. The average molecular weight is 316 g/mol. The van der Waals surface area contributed by atoms with E-state index in [0.29, 0.717) is 11.8 Å². The van der Waals surface area contributed by atoms with Gasteiger partial charge in [0, 0.05) is 39.1 Å². The smallest absolute Gasteiger partial charge is 0.190 e. The number of amides is 1. The van der Waals surface area contributed by atoms with Crippen LogP contribution >= 0.6 is 0 Å². The standard InChI is InChI=1S/C10H20NO.C4H9.Y/c1-10(2,3)8-6-5-7-9(12)11-4;1-4(2)3;/h4-8H2,1-3H3,(H,11,12);1-3H3;/q2*-1;. The molecule has 0 heterocycles. The summed E-state index contributed by atoms with van der Waals surface area (Å²) in [5, 5.41) is 2.37. The van der Waals surface area contributed by atoms with Crippen LogP contribution in [0.4, 0.5) is 0 Å². The molecule has 0 unspecified atom stereocenters. The van der Waals surface area contributed by atoms with Crippen molar-refractivity contribution in [2.24, 2.45) is 5.41 Å². The number of carbonyl (C=O) groups is 1. The van der Waals surface area contributed by atoms with Crippen LogP contribution in [-0.2, 0) is 37.5 Å². The molecule has 0 atom stereocenters. The van der Waals surface area contributed by atoms with E-state index >= 15 is 0 Å². The Bertz CT molecular complexity index is 171. The van der Waals surface area contributed by atoms with E-state index in [2.05, 4.69) is 53.9 Å². The molecule has 3 heteroatoms. The van der Waals surface area contributed by atoms with Gasteiger partial charge in [-0.05, 0) is 18.3 Å². The van der Waals surface area contributed by atoms with Gasteiger partial charge in [0.05, 0.1) is 0 Å². The molecule has 0 rings (SSSR count). The second-order valence-electron chi connectivity index (χ2n) is 5.87. The predicted octanol–water partition coefficient (Wildman–Crippen LogP) is 4.12. The van der Waals surface area contributed by atoms with Crippen LogP contribution in [0.15, 0.2) is 0 Å². The summed E-state index contributed by atoms with van der Waals surface area (Å²) in [6.07, 6.45) is 3.88. The number of rotatable bonds is 4. The summed E-state index contributed by atoms with van der Waals surface area (Å²) in [7, 11) is 3.31. The van der Waals surface area contributed by atoms with Crippen molar-refractivity contribution in [2.45, 2.75) is 67.2 Å². The summed E-state index contributed by atoms with van der Waals surface area (Å²) in [5.74, 6) is 1.46. The van der Waals surface area contributed by atoms with Crippen LogP contribution in [0.3, 0.4) is 0 Å². The van der Waals surface area contributed by atoms with Crippen molar-refractivity contribution in [2.75, 3.05) is 0 Å². The van der Waals surface area contributed by atoms with Crippen molar-refractivity contribution < 1.29 is 37.5 Å². The Labute approximate surface area is 134 Å². The quantitative estimate of drug-likeness (QED) is 0.613. The molecule has 0 aromatic heterocycles. The molecule has 0 saturated carbocycles. The fourth-order valence-corrected chi connectivity index (χ4v) is 1.03. The van der Waals surface area contributed by atoms with Crippen molar-refractivity contribution in [3.63, 3.8) is 0 Å². The summed E-state index contributed by atoms with van der Waals surface area (Å²) >= 11 is 0. The first-order chi connectivity index (χ1) is 7.19. The van der Waals surface area contributed by atoms with E-state index in [1.807, 2.05) is 0 Å². The third kappa shape index (κ3) is 31.5. The molecule has 0 aliphatic rings. The molecule has 0 aliphatic heterocycles. The van der Waals surface area contributed by atoms with Crippen molar-refractivity contribution in [1.29, 1.82) is 0 Å². The molecule has 17 heavy (non-hydrogen) atoms. The van der Waals surface area contributed by atoms with Gasteiger partial charge in [-0.2, -0.15) is 20.8 Å². The van der Waals surface area contributed by atoms with E-state index in [0.717, 1.165) is 12.8 Å². The molecule has 2 nitrogen and oxygen atoms in total. The molecular formula is C14H29NOY-2.